The van der Waals surface area contributed by atoms with Crippen molar-refractivity contribution < 1.29 is 9.47 Å². The van der Waals surface area contributed by atoms with Crippen molar-refractivity contribution in [2.75, 3.05) is 20.0 Å². The molecule has 1 aromatic carbocycles. The smallest absolute Gasteiger partial charge is 0.161 e. The maximum atomic E-state index is 5.85. The predicted octanol–water partition coefficient (Wildman–Crippen LogP) is 1.81. The van der Waals surface area contributed by atoms with Gasteiger partial charge in [0.05, 0.1) is 19.9 Å². The quantitative estimate of drug-likeness (QED) is 0.874. The lowest BCUT2D eigenvalue weighted by atomic mass is 10.1. The molecule has 0 atom stereocenters. The molecule has 19 heavy (non-hydrogen) atoms. The Morgan fingerprint density at radius 2 is 1.79 bits per heavy atom. The summed E-state index contributed by atoms with van der Waals surface area (Å²) in [4.78, 5) is 4.35. The second kappa shape index (κ2) is 5.58. The van der Waals surface area contributed by atoms with Crippen molar-refractivity contribution >= 4 is 5.82 Å². The first-order chi connectivity index (χ1) is 9.19. The highest BCUT2D eigenvalue weighted by molar-refractivity contribution is 5.66. The van der Waals surface area contributed by atoms with Crippen molar-refractivity contribution in [1.82, 2.24) is 4.98 Å². The van der Waals surface area contributed by atoms with Crippen molar-refractivity contribution in [3.63, 3.8) is 0 Å². The van der Waals surface area contributed by atoms with Crippen LogP contribution in [-0.4, -0.2) is 19.2 Å². The van der Waals surface area contributed by atoms with Gasteiger partial charge in [0.1, 0.15) is 5.82 Å². The van der Waals surface area contributed by atoms with Crippen LogP contribution < -0.4 is 20.9 Å². The van der Waals surface area contributed by atoms with Crippen LogP contribution in [0.2, 0.25) is 0 Å². The van der Waals surface area contributed by atoms with E-state index in [1.807, 2.05) is 30.3 Å². The molecule has 5 heteroatoms. The van der Waals surface area contributed by atoms with E-state index in [1.165, 1.54) is 0 Å². The molecule has 0 aliphatic heterocycles. The van der Waals surface area contributed by atoms with Crippen molar-refractivity contribution in [3.05, 3.63) is 35.9 Å². The Kier molecular flexibility index (Phi) is 3.87. The molecular formula is C14H17N3O2. The molecule has 0 amide bonds. The van der Waals surface area contributed by atoms with Crippen LogP contribution in [0, 0.1) is 0 Å². The van der Waals surface area contributed by atoms with E-state index in [-0.39, 0.29) is 0 Å². The molecule has 0 unspecified atom stereocenters. The minimum absolute atomic E-state index is 0.380. The predicted molar refractivity (Wildman–Crippen MR) is 75.1 cm³/mol. The number of nitrogens with two attached hydrogens (primary N) is 2. The summed E-state index contributed by atoms with van der Waals surface area (Å²) in [6.45, 7) is 0.380. The van der Waals surface area contributed by atoms with Gasteiger partial charge in [-0.05, 0) is 24.3 Å². The first-order valence-corrected chi connectivity index (χ1v) is 5.87. The monoisotopic (exact) mass is 259 g/mol. The molecule has 4 N–H and O–H groups in total. The maximum Gasteiger partial charge on any atom is 0.161 e. The average Bonchev–Trinajstić information content (AvgIpc) is 2.46. The number of hydrogen-bond acceptors (Lipinski definition) is 5. The van der Waals surface area contributed by atoms with Gasteiger partial charge in [-0.25, -0.2) is 4.98 Å². The van der Waals surface area contributed by atoms with E-state index in [9.17, 15) is 0 Å². The Bertz CT molecular complexity index is 585. The van der Waals surface area contributed by atoms with Crippen LogP contribution in [0.1, 0.15) is 5.56 Å². The van der Waals surface area contributed by atoms with E-state index < -0.39 is 0 Å². The minimum atomic E-state index is 0.380. The number of hydrogen-bond donors (Lipinski definition) is 2. The summed E-state index contributed by atoms with van der Waals surface area (Å²) in [5, 5.41) is 0. The van der Waals surface area contributed by atoms with Gasteiger partial charge in [-0.1, -0.05) is 6.07 Å². The minimum Gasteiger partial charge on any atom is -0.493 e. The van der Waals surface area contributed by atoms with E-state index in [0.29, 0.717) is 23.9 Å². The second-order valence-corrected chi connectivity index (χ2v) is 4.01. The Morgan fingerprint density at radius 1 is 1.05 bits per heavy atom. The molecule has 0 fully saturated rings. The highest BCUT2D eigenvalue weighted by Gasteiger charge is 2.08. The molecular weight excluding hydrogens is 242 g/mol. The molecule has 1 aromatic heterocycles. The van der Waals surface area contributed by atoms with Gasteiger partial charge in [-0.3, -0.25) is 0 Å². The molecule has 0 saturated heterocycles. The van der Waals surface area contributed by atoms with Crippen LogP contribution in [0.3, 0.4) is 0 Å². The van der Waals surface area contributed by atoms with Gasteiger partial charge >= 0.3 is 0 Å². The van der Waals surface area contributed by atoms with E-state index in [4.69, 9.17) is 20.9 Å². The summed E-state index contributed by atoms with van der Waals surface area (Å²) >= 11 is 0. The van der Waals surface area contributed by atoms with E-state index >= 15 is 0 Å². The third-order valence-corrected chi connectivity index (χ3v) is 2.91. The summed E-state index contributed by atoms with van der Waals surface area (Å²) in [7, 11) is 3.20. The largest absolute Gasteiger partial charge is 0.493 e. The van der Waals surface area contributed by atoms with E-state index in [0.717, 1.165) is 16.8 Å². The summed E-state index contributed by atoms with van der Waals surface area (Å²) < 4.78 is 10.5. The van der Waals surface area contributed by atoms with Crippen LogP contribution >= 0.6 is 0 Å². The highest BCUT2D eigenvalue weighted by Crippen LogP contribution is 2.32. The van der Waals surface area contributed by atoms with Crippen molar-refractivity contribution in [3.8, 4) is 22.8 Å². The number of aromatic nitrogens is 1. The van der Waals surface area contributed by atoms with Crippen LogP contribution in [-0.2, 0) is 6.54 Å². The van der Waals surface area contributed by atoms with E-state index in [2.05, 4.69) is 4.98 Å². The Labute approximate surface area is 112 Å². The molecule has 0 saturated carbocycles. The summed E-state index contributed by atoms with van der Waals surface area (Å²) in [5.74, 6) is 1.79. The molecule has 1 heterocycles. The fourth-order valence-corrected chi connectivity index (χ4v) is 1.83. The van der Waals surface area contributed by atoms with Crippen LogP contribution in [0.5, 0.6) is 11.5 Å². The number of rotatable bonds is 4. The van der Waals surface area contributed by atoms with Gasteiger partial charge in [-0.2, -0.15) is 0 Å². The molecule has 2 rings (SSSR count). The zero-order valence-corrected chi connectivity index (χ0v) is 11.0. The number of benzene rings is 1. The van der Waals surface area contributed by atoms with Gasteiger partial charge in [-0.15, -0.1) is 0 Å². The fraction of sp³-hybridized carbons (Fsp3) is 0.214. The van der Waals surface area contributed by atoms with Crippen LogP contribution in [0.15, 0.2) is 30.3 Å². The molecule has 100 valence electrons. The molecule has 0 bridgehead atoms. The Hall–Kier alpha value is -2.27. The first kappa shape index (κ1) is 13.2. The first-order valence-electron chi connectivity index (χ1n) is 5.87. The van der Waals surface area contributed by atoms with Gasteiger partial charge in [0, 0.05) is 17.7 Å². The maximum absolute atomic E-state index is 5.85. The molecule has 0 radical (unpaired) electrons. The number of nitrogen functional groups attached to an aromatic ring is 1. The topological polar surface area (TPSA) is 83.4 Å². The molecule has 5 nitrogen and oxygen atoms in total. The standard InChI is InChI=1S/C14H17N3O2/c1-18-12-6-4-9(7-13(12)19-2)11-5-3-10(8-15)14(16)17-11/h3-7H,8,15H2,1-2H3,(H2,16,17). The van der Waals surface area contributed by atoms with Crippen molar-refractivity contribution in [2.45, 2.75) is 6.54 Å². The van der Waals surface area contributed by atoms with Gasteiger partial charge < -0.3 is 20.9 Å². The van der Waals surface area contributed by atoms with Gasteiger partial charge in [0.25, 0.3) is 0 Å². The Morgan fingerprint density at radius 3 is 2.37 bits per heavy atom. The number of methoxy groups -OCH3 is 2. The lowest BCUT2D eigenvalue weighted by Crippen LogP contribution is -2.04. The van der Waals surface area contributed by atoms with Crippen LogP contribution in [0.25, 0.3) is 11.3 Å². The SMILES string of the molecule is COc1ccc(-c2ccc(CN)c(N)n2)cc1OC. The third kappa shape index (κ3) is 2.61. The molecule has 0 aliphatic rings. The number of anilines is 1. The van der Waals surface area contributed by atoms with E-state index in [1.54, 1.807) is 14.2 Å². The normalized spacial score (nSPS) is 10.3. The number of ether oxygens (including phenoxy) is 2. The van der Waals surface area contributed by atoms with Crippen molar-refractivity contribution in [2.24, 2.45) is 5.73 Å². The molecule has 0 aliphatic carbocycles. The second-order valence-electron chi connectivity index (χ2n) is 4.01. The zero-order chi connectivity index (χ0) is 13.8. The molecule has 0 spiro atoms. The summed E-state index contributed by atoms with van der Waals surface area (Å²) in [6, 6.07) is 9.38. The average molecular weight is 259 g/mol. The van der Waals surface area contributed by atoms with Gasteiger partial charge in [0.15, 0.2) is 11.5 Å². The highest BCUT2D eigenvalue weighted by atomic mass is 16.5. The fourth-order valence-electron chi connectivity index (χ4n) is 1.83. The van der Waals surface area contributed by atoms with Crippen molar-refractivity contribution in [1.29, 1.82) is 0 Å². The number of nitrogens with zero attached hydrogens (tertiary/aromatic N) is 1. The Balaban J connectivity index is 2.44. The zero-order valence-electron chi connectivity index (χ0n) is 11.0. The summed E-state index contributed by atoms with van der Waals surface area (Å²) in [6.07, 6.45) is 0. The lowest BCUT2D eigenvalue weighted by molar-refractivity contribution is 0.355. The third-order valence-electron chi connectivity index (χ3n) is 2.91. The van der Waals surface area contributed by atoms with Gasteiger partial charge in [0.2, 0.25) is 0 Å². The summed E-state index contributed by atoms with van der Waals surface area (Å²) in [5.41, 5.74) is 13.9. The van der Waals surface area contributed by atoms with Crippen LogP contribution in [0.4, 0.5) is 5.82 Å². The molecule has 2 aromatic rings. The number of pyridine rings is 1. The lowest BCUT2D eigenvalue weighted by Gasteiger charge is -2.10.